The first-order valence-electron chi connectivity index (χ1n) is 14.1. The van der Waals surface area contributed by atoms with E-state index >= 15 is 0 Å². The Bertz CT molecular complexity index is 471. The molecule has 0 heterocycles. The van der Waals surface area contributed by atoms with Crippen LogP contribution >= 0.6 is 0 Å². The van der Waals surface area contributed by atoms with E-state index in [1.807, 2.05) is 0 Å². The number of hydrogen-bond donors (Lipinski definition) is 0. The van der Waals surface area contributed by atoms with Crippen LogP contribution in [0.5, 0.6) is 0 Å². The zero-order valence-electron chi connectivity index (χ0n) is 22.6. The van der Waals surface area contributed by atoms with Crippen molar-refractivity contribution in [2.24, 2.45) is 5.92 Å². The summed E-state index contributed by atoms with van der Waals surface area (Å²) in [6.07, 6.45) is 29.5. The van der Waals surface area contributed by atoms with Gasteiger partial charge in [-0.05, 0) is 18.8 Å². The van der Waals surface area contributed by atoms with Crippen LogP contribution in [0.2, 0.25) is 0 Å². The van der Waals surface area contributed by atoms with Crippen LogP contribution in [0.15, 0.2) is 0 Å². The summed E-state index contributed by atoms with van der Waals surface area (Å²) in [4.78, 5) is 0. The van der Waals surface area contributed by atoms with E-state index in [1.165, 1.54) is 122 Å². The molecule has 194 valence electrons. The van der Waals surface area contributed by atoms with Crippen molar-refractivity contribution in [2.75, 3.05) is 6.61 Å². The van der Waals surface area contributed by atoms with E-state index in [-0.39, 0.29) is 42.1 Å². The van der Waals surface area contributed by atoms with Crippen LogP contribution in [0.3, 0.4) is 0 Å². The fraction of sp³-hybridized carbons (Fsp3) is 1.00. The number of rotatable bonds is 26. The van der Waals surface area contributed by atoms with E-state index in [2.05, 4.69) is 18.0 Å². The van der Waals surface area contributed by atoms with Gasteiger partial charge in [-0.3, -0.25) is 4.18 Å². The first-order chi connectivity index (χ1) is 15.5. The molecular formula is C27H55NaO4S. The van der Waals surface area contributed by atoms with Crippen LogP contribution in [0, 0.1) is 5.92 Å². The molecule has 0 N–H and O–H groups in total. The van der Waals surface area contributed by atoms with Gasteiger partial charge in [-0.2, -0.15) is 0 Å². The third-order valence-electron chi connectivity index (χ3n) is 6.63. The minimum absolute atomic E-state index is 0. The van der Waals surface area contributed by atoms with Gasteiger partial charge in [-0.1, -0.05) is 149 Å². The predicted molar refractivity (Wildman–Crippen MR) is 137 cm³/mol. The summed E-state index contributed by atoms with van der Waals surface area (Å²) >= 11 is 0. The molecule has 0 bridgehead atoms. The van der Waals surface area contributed by atoms with Gasteiger partial charge < -0.3 is 4.55 Å². The average molecular weight is 499 g/mol. The van der Waals surface area contributed by atoms with Gasteiger partial charge in [-0.15, -0.1) is 0 Å². The summed E-state index contributed by atoms with van der Waals surface area (Å²) in [5.74, 6) is 0.201. The second kappa shape index (κ2) is 27.5. The van der Waals surface area contributed by atoms with E-state index in [4.69, 9.17) is 0 Å². The molecule has 1 unspecified atom stereocenters. The molecule has 0 spiro atoms. The molecule has 0 rings (SSSR count). The fourth-order valence-corrected chi connectivity index (χ4v) is 4.87. The van der Waals surface area contributed by atoms with Crippen LogP contribution in [0.4, 0.5) is 0 Å². The Morgan fingerprint density at radius 2 is 0.818 bits per heavy atom. The molecule has 0 aliphatic heterocycles. The van der Waals surface area contributed by atoms with Crippen molar-refractivity contribution in [3.05, 3.63) is 0 Å². The van der Waals surface area contributed by atoms with Crippen LogP contribution in [-0.2, 0) is 14.6 Å². The Hall–Kier alpha value is 0.870. The van der Waals surface area contributed by atoms with Crippen molar-refractivity contribution in [1.29, 1.82) is 0 Å². The van der Waals surface area contributed by atoms with Gasteiger partial charge in [0.1, 0.15) is 0 Å². The average Bonchev–Trinajstić information content (AvgIpc) is 2.75. The topological polar surface area (TPSA) is 66.4 Å². The van der Waals surface area contributed by atoms with Gasteiger partial charge >= 0.3 is 29.6 Å². The van der Waals surface area contributed by atoms with Crippen molar-refractivity contribution in [3.63, 3.8) is 0 Å². The van der Waals surface area contributed by atoms with Crippen molar-refractivity contribution in [2.45, 2.75) is 162 Å². The Kier molecular flexibility index (Phi) is 30.0. The van der Waals surface area contributed by atoms with Gasteiger partial charge in [0.15, 0.2) is 0 Å². The molecule has 33 heavy (non-hydrogen) atoms. The Morgan fingerprint density at radius 3 is 1.09 bits per heavy atom. The quantitative estimate of drug-likeness (QED) is 0.0626. The second-order valence-corrected chi connectivity index (χ2v) is 10.9. The van der Waals surface area contributed by atoms with Crippen LogP contribution in [-0.4, -0.2) is 19.6 Å². The van der Waals surface area contributed by atoms with E-state index in [0.717, 1.165) is 25.7 Å². The molecule has 0 saturated carbocycles. The number of hydrogen-bond acceptors (Lipinski definition) is 4. The standard InChI is InChI=1S/C27H56O4S.Na/c1-3-5-7-9-11-12-13-14-15-16-17-18-19-21-23-25-27(26-31-32(28,29)30)24-22-20-10-8-6-4-2;/h27H,3-26H2,1-2H3,(H,28,29,30);/q;+1/p-1. The van der Waals surface area contributed by atoms with Crippen LogP contribution < -0.4 is 29.6 Å². The molecule has 0 aromatic carbocycles. The zero-order valence-corrected chi connectivity index (χ0v) is 25.4. The maximum absolute atomic E-state index is 10.8. The Balaban J connectivity index is 0. The third-order valence-corrected chi connectivity index (χ3v) is 7.05. The van der Waals surface area contributed by atoms with Crippen molar-refractivity contribution < 1.29 is 46.7 Å². The number of unbranched alkanes of at least 4 members (excludes halogenated alkanes) is 19. The van der Waals surface area contributed by atoms with Crippen molar-refractivity contribution >= 4 is 10.4 Å². The molecule has 0 radical (unpaired) electrons. The second-order valence-electron chi connectivity index (χ2n) is 9.85. The minimum atomic E-state index is -4.57. The van der Waals surface area contributed by atoms with Gasteiger partial charge in [0, 0.05) is 0 Å². The van der Waals surface area contributed by atoms with Gasteiger partial charge in [0.05, 0.1) is 6.61 Å². The molecule has 1 atom stereocenters. The molecule has 0 aromatic heterocycles. The maximum atomic E-state index is 10.8. The van der Waals surface area contributed by atoms with Crippen molar-refractivity contribution in [3.8, 4) is 0 Å². The van der Waals surface area contributed by atoms with Gasteiger partial charge in [-0.25, -0.2) is 8.42 Å². The molecule has 0 aliphatic carbocycles. The first kappa shape index (κ1) is 36.0. The summed E-state index contributed by atoms with van der Waals surface area (Å²) in [6, 6.07) is 0. The summed E-state index contributed by atoms with van der Waals surface area (Å²) in [5.41, 5.74) is 0. The Morgan fingerprint density at radius 1 is 0.545 bits per heavy atom. The summed E-state index contributed by atoms with van der Waals surface area (Å²) < 4.78 is 37.0. The SMILES string of the molecule is CCCCCCCCCCCCCCCCCC(CCCCCCCC)COS(=O)(=O)[O-].[Na+]. The van der Waals surface area contributed by atoms with E-state index in [9.17, 15) is 13.0 Å². The van der Waals surface area contributed by atoms with Crippen LogP contribution in [0.1, 0.15) is 162 Å². The largest absolute Gasteiger partial charge is 1.00 e. The van der Waals surface area contributed by atoms with Crippen LogP contribution in [0.25, 0.3) is 0 Å². The van der Waals surface area contributed by atoms with E-state index < -0.39 is 10.4 Å². The molecule has 0 saturated heterocycles. The summed E-state index contributed by atoms with van der Waals surface area (Å²) in [5, 5.41) is 0. The molecule has 0 aliphatic rings. The summed E-state index contributed by atoms with van der Waals surface area (Å²) in [6.45, 7) is 4.56. The zero-order chi connectivity index (χ0) is 23.8. The van der Waals surface area contributed by atoms with E-state index in [1.54, 1.807) is 0 Å². The summed E-state index contributed by atoms with van der Waals surface area (Å²) in [7, 11) is -4.57. The van der Waals surface area contributed by atoms with Gasteiger partial charge in [0.2, 0.25) is 10.4 Å². The predicted octanol–water partition coefficient (Wildman–Crippen LogP) is 6.10. The van der Waals surface area contributed by atoms with Crippen molar-refractivity contribution in [1.82, 2.24) is 0 Å². The minimum Gasteiger partial charge on any atom is -0.726 e. The van der Waals surface area contributed by atoms with Gasteiger partial charge in [0.25, 0.3) is 0 Å². The molecule has 0 aromatic rings. The molecule has 6 heteroatoms. The molecular weight excluding hydrogens is 443 g/mol. The molecule has 0 amide bonds. The Labute approximate surface area is 230 Å². The van der Waals surface area contributed by atoms with E-state index in [0.29, 0.717) is 0 Å². The normalized spacial score (nSPS) is 12.6. The molecule has 4 nitrogen and oxygen atoms in total. The third kappa shape index (κ3) is 30.8. The first-order valence-corrected chi connectivity index (χ1v) is 15.4. The monoisotopic (exact) mass is 498 g/mol. The smallest absolute Gasteiger partial charge is 0.726 e. The molecule has 0 fully saturated rings. The fourth-order valence-electron chi connectivity index (χ4n) is 4.51. The maximum Gasteiger partial charge on any atom is 1.00 e.